The van der Waals surface area contributed by atoms with Gasteiger partial charge in [-0.3, -0.25) is 0 Å². The molecule has 4 heteroatoms. The van der Waals surface area contributed by atoms with Crippen molar-refractivity contribution in [1.29, 1.82) is 0 Å². The number of azide groups is 1. The smallest absolute Gasteiger partial charge is 0.0883 e. The van der Waals surface area contributed by atoms with Gasteiger partial charge < -0.3 is 5.11 Å². The van der Waals surface area contributed by atoms with E-state index in [1.807, 2.05) is 25.1 Å². The molecule has 2 atom stereocenters. The summed E-state index contributed by atoms with van der Waals surface area (Å²) in [4.78, 5) is 2.86. The third-order valence-corrected chi connectivity index (χ3v) is 4.33. The number of benzene rings is 2. The van der Waals surface area contributed by atoms with Crippen molar-refractivity contribution in [3.05, 3.63) is 69.1 Å². The minimum Gasteiger partial charge on any atom is -0.388 e. The molecule has 0 unspecified atom stereocenters. The highest BCUT2D eigenvalue weighted by Gasteiger charge is 2.33. The number of hydrogen-bond donors (Lipinski definition) is 1. The zero-order valence-corrected chi connectivity index (χ0v) is 12.1. The Labute approximate surface area is 123 Å². The van der Waals surface area contributed by atoms with Crippen molar-refractivity contribution in [2.24, 2.45) is 5.11 Å². The van der Waals surface area contributed by atoms with Crippen LogP contribution in [0.15, 0.2) is 41.5 Å². The number of fused-ring (bicyclic) bond motifs is 1. The third-order valence-electron chi connectivity index (χ3n) is 4.33. The number of rotatable bonds is 2. The summed E-state index contributed by atoms with van der Waals surface area (Å²) in [5.74, 6) is 0. The summed E-state index contributed by atoms with van der Waals surface area (Å²) in [6, 6.07) is 11.9. The van der Waals surface area contributed by atoms with Gasteiger partial charge in [0.2, 0.25) is 0 Å². The van der Waals surface area contributed by atoms with Gasteiger partial charge in [-0.25, -0.2) is 0 Å². The lowest BCUT2D eigenvalue weighted by atomic mass is 9.90. The van der Waals surface area contributed by atoms with E-state index < -0.39 is 12.1 Å². The first-order valence-electron chi connectivity index (χ1n) is 7.04. The number of aryl methyl sites for hydroxylation is 1. The van der Waals surface area contributed by atoms with Crippen molar-refractivity contribution in [2.45, 2.75) is 32.4 Å². The van der Waals surface area contributed by atoms with Crippen molar-refractivity contribution >= 4 is 0 Å². The predicted octanol–water partition coefficient (Wildman–Crippen LogP) is 4.24. The molecule has 1 aliphatic carbocycles. The molecule has 2 aromatic rings. The molecular weight excluding hydrogens is 262 g/mol. The standard InChI is InChI=1S/C17H17N3O/c1-10-8-14(12-6-4-3-5-7-12)11(2)16-13(10)9-15(17(16)21)19-20-18/h3-8,15,17,21H,9H2,1-2H3/t15-,17+/m0/s1. The van der Waals surface area contributed by atoms with Gasteiger partial charge in [0.15, 0.2) is 0 Å². The van der Waals surface area contributed by atoms with Crippen molar-refractivity contribution in [2.75, 3.05) is 0 Å². The molecule has 1 N–H and O–H groups in total. The van der Waals surface area contributed by atoms with Gasteiger partial charge in [0.1, 0.15) is 0 Å². The van der Waals surface area contributed by atoms with E-state index >= 15 is 0 Å². The molecule has 0 radical (unpaired) electrons. The average Bonchev–Trinajstić information content (AvgIpc) is 2.82. The lowest BCUT2D eigenvalue weighted by molar-refractivity contribution is 0.159. The van der Waals surface area contributed by atoms with E-state index in [-0.39, 0.29) is 0 Å². The molecule has 0 aliphatic heterocycles. The monoisotopic (exact) mass is 279 g/mol. The molecule has 0 amide bonds. The number of aliphatic hydroxyl groups is 1. The number of hydrogen-bond acceptors (Lipinski definition) is 2. The quantitative estimate of drug-likeness (QED) is 0.498. The van der Waals surface area contributed by atoms with Crippen LogP contribution in [0, 0.1) is 13.8 Å². The van der Waals surface area contributed by atoms with Crippen LogP contribution in [0.4, 0.5) is 0 Å². The van der Waals surface area contributed by atoms with Gasteiger partial charge in [0.05, 0.1) is 12.1 Å². The highest BCUT2D eigenvalue weighted by Crippen LogP contribution is 2.41. The molecule has 4 nitrogen and oxygen atoms in total. The van der Waals surface area contributed by atoms with E-state index in [1.54, 1.807) is 0 Å². The van der Waals surface area contributed by atoms with Crippen LogP contribution in [-0.2, 0) is 6.42 Å². The SMILES string of the molecule is Cc1cc(-c2ccccc2)c(C)c2c1C[C@H](N=[N+]=[N-])[C@H]2O. The summed E-state index contributed by atoms with van der Waals surface area (Å²) in [5, 5.41) is 14.2. The van der Waals surface area contributed by atoms with Gasteiger partial charge in [-0.15, -0.1) is 0 Å². The van der Waals surface area contributed by atoms with Gasteiger partial charge in [-0.2, -0.15) is 0 Å². The Morgan fingerprint density at radius 2 is 1.95 bits per heavy atom. The van der Waals surface area contributed by atoms with E-state index in [2.05, 4.69) is 35.1 Å². The second-order valence-corrected chi connectivity index (χ2v) is 5.55. The molecule has 1 aliphatic rings. The first kappa shape index (κ1) is 13.7. The van der Waals surface area contributed by atoms with E-state index in [9.17, 15) is 5.11 Å². The average molecular weight is 279 g/mol. The number of nitrogens with zero attached hydrogens (tertiary/aromatic N) is 3. The van der Waals surface area contributed by atoms with E-state index in [4.69, 9.17) is 5.53 Å². The van der Waals surface area contributed by atoms with Crippen molar-refractivity contribution < 1.29 is 5.11 Å². The Hall–Kier alpha value is -2.29. The van der Waals surface area contributed by atoms with Crippen LogP contribution in [0.5, 0.6) is 0 Å². The topological polar surface area (TPSA) is 69.0 Å². The zero-order valence-electron chi connectivity index (χ0n) is 12.1. The summed E-state index contributed by atoms with van der Waals surface area (Å²) in [6.45, 7) is 4.08. The van der Waals surface area contributed by atoms with Gasteiger partial charge in [0.25, 0.3) is 0 Å². The van der Waals surface area contributed by atoms with E-state index in [0.29, 0.717) is 6.42 Å². The molecule has 0 saturated carbocycles. The molecule has 3 rings (SSSR count). The van der Waals surface area contributed by atoms with Crippen LogP contribution >= 0.6 is 0 Å². The third kappa shape index (κ3) is 2.19. The second-order valence-electron chi connectivity index (χ2n) is 5.55. The first-order valence-corrected chi connectivity index (χ1v) is 7.04. The maximum absolute atomic E-state index is 10.5. The molecule has 0 spiro atoms. The second kappa shape index (κ2) is 5.24. The summed E-state index contributed by atoms with van der Waals surface area (Å²) >= 11 is 0. The zero-order chi connectivity index (χ0) is 15.0. The van der Waals surface area contributed by atoms with E-state index in [1.165, 1.54) is 0 Å². The van der Waals surface area contributed by atoms with Crippen molar-refractivity contribution in [3.63, 3.8) is 0 Å². The molecule has 21 heavy (non-hydrogen) atoms. The molecule has 2 aromatic carbocycles. The highest BCUT2D eigenvalue weighted by molar-refractivity contribution is 5.71. The largest absolute Gasteiger partial charge is 0.388 e. The first-order chi connectivity index (χ1) is 10.1. The van der Waals surface area contributed by atoms with Crippen LogP contribution in [0.3, 0.4) is 0 Å². The summed E-state index contributed by atoms with van der Waals surface area (Å²) in [5.41, 5.74) is 15.2. The minimum atomic E-state index is -0.710. The minimum absolute atomic E-state index is 0.395. The van der Waals surface area contributed by atoms with Crippen LogP contribution in [-0.4, -0.2) is 11.1 Å². The van der Waals surface area contributed by atoms with Crippen LogP contribution in [0.2, 0.25) is 0 Å². The normalized spacial score (nSPS) is 20.0. The Morgan fingerprint density at radius 3 is 2.62 bits per heavy atom. The van der Waals surface area contributed by atoms with Gasteiger partial charge in [0, 0.05) is 4.91 Å². The Balaban J connectivity index is 2.18. The molecular formula is C17H17N3O. The summed E-state index contributed by atoms with van der Waals surface area (Å²) in [6.07, 6.45) is -0.0965. The lowest BCUT2D eigenvalue weighted by Crippen LogP contribution is -2.10. The molecule has 0 fully saturated rings. The fraction of sp³-hybridized carbons (Fsp3) is 0.294. The Kier molecular flexibility index (Phi) is 3.42. The summed E-state index contributed by atoms with van der Waals surface area (Å²) < 4.78 is 0. The lowest BCUT2D eigenvalue weighted by Gasteiger charge is -2.16. The molecule has 0 heterocycles. The van der Waals surface area contributed by atoms with Gasteiger partial charge in [-0.1, -0.05) is 41.5 Å². The maximum Gasteiger partial charge on any atom is 0.0883 e. The Morgan fingerprint density at radius 1 is 1.24 bits per heavy atom. The van der Waals surface area contributed by atoms with Crippen LogP contribution in [0.1, 0.15) is 28.4 Å². The fourth-order valence-electron chi connectivity index (χ4n) is 3.27. The highest BCUT2D eigenvalue weighted by atomic mass is 16.3. The van der Waals surface area contributed by atoms with Crippen molar-refractivity contribution in [3.8, 4) is 11.1 Å². The Bertz CT molecular complexity index is 733. The molecule has 106 valence electrons. The van der Waals surface area contributed by atoms with E-state index in [0.717, 1.165) is 33.4 Å². The molecule has 0 bridgehead atoms. The van der Waals surface area contributed by atoms with Crippen LogP contribution in [0.25, 0.3) is 21.6 Å². The van der Waals surface area contributed by atoms with Crippen molar-refractivity contribution in [1.82, 2.24) is 0 Å². The van der Waals surface area contributed by atoms with Gasteiger partial charge in [-0.05, 0) is 59.2 Å². The van der Waals surface area contributed by atoms with Gasteiger partial charge >= 0.3 is 0 Å². The van der Waals surface area contributed by atoms with Crippen LogP contribution < -0.4 is 0 Å². The number of aliphatic hydroxyl groups excluding tert-OH is 1. The maximum atomic E-state index is 10.5. The predicted molar refractivity (Wildman–Crippen MR) is 82.9 cm³/mol. The summed E-state index contributed by atoms with van der Waals surface area (Å²) in [7, 11) is 0. The molecule has 0 saturated heterocycles. The fourth-order valence-corrected chi connectivity index (χ4v) is 3.27. The molecule has 0 aromatic heterocycles.